The van der Waals surface area contributed by atoms with Gasteiger partial charge in [0.1, 0.15) is 11.3 Å². The van der Waals surface area contributed by atoms with Gasteiger partial charge in [0.15, 0.2) is 8.32 Å². The van der Waals surface area contributed by atoms with Gasteiger partial charge in [-0.15, -0.1) is 11.7 Å². The zero-order valence-electron chi connectivity index (χ0n) is 23.5. The SMILES string of the molecule is C=CCON1C(=O)N2CC(n3cc(CN(CCO[Si](C)(C)C(C)(C)C)C(=O)OC(C)(C)C)nn3)=CC1C2. The minimum absolute atomic E-state index is 0.0727. The maximum Gasteiger partial charge on any atom is 0.410 e. The highest BCUT2D eigenvalue weighted by molar-refractivity contribution is 6.74. The van der Waals surface area contributed by atoms with Crippen LogP contribution < -0.4 is 0 Å². The molecule has 0 radical (unpaired) electrons. The minimum Gasteiger partial charge on any atom is -0.444 e. The second-order valence-electron chi connectivity index (χ2n) is 12.0. The molecule has 3 rings (SSSR count). The molecule has 2 aliphatic rings. The molecule has 2 bridgehead atoms. The van der Waals surface area contributed by atoms with Crippen LogP contribution in [0.5, 0.6) is 0 Å². The van der Waals surface area contributed by atoms with Gasteiger partial charge in [-0.2, -0.15) is 5.06 Å². The van der Waals surface area contributed by atoms with Crippen LogP contribution in [0.3, 0.4) is 0 Å². The third kappa shape index (κ3) is 7.20. The Morgan fingerprint density at radius 1 is 1.27 bits per heavy atom. The topological polar surface area (TPSA) is 102 Å². The predicted octanol–water partition coefficient (Wildman–Crippen LogP) is 4.12. The Morgan fingerprint density at radius 2 is 1.97 bits per heavy atom. The summed E-state index contributed by atoms with van der Waals surface area (Å²) in [5.41, 5.74) is 0.802. The molecule has 12 heteroatoms. The van der Waals surface area contributed by atoms with Gasteiger partial charge in [-0.3, -0.25) is 9.74 Å². The lowest BCUT2D eigenvalue weighted by molar-refractivity contribution is -0.107. The Labute approximate surface area is 221 Å². The second-order valence-corrected chi connectivity index (χ2v) is 16.8. The Hall–Kier alpha value is -2.70. The first-order valence-electron chi connectivity index (χ1n) is 12.7. The molecule has 3 amide bonds. The molecule has 1 fully saturated rings. The number of rotatable bonds is 10. The van der Waals surface area contributed by atoms with Crippen LogP contribution >= 0.6 is 0 Å². The molecule has 3 heterocycles. The number of urea groups is 1. The van der Waals surface area contributed by atoms with Crippen molar-refractivity contribution in [3.8, 4) is 0 Å². The largest absolute Gasteiger partial charge is 0.444 e. The molecule has 1 atom stereocenters. The summed E-state index contributed by atoms with van der Waals surface area (Å²) in [6.45, 7) is 22.3. The Kier molecular flexibility index (Phi) is 8.55. The zero-order valence-corrected chi connectivity index (χ0v) is 24.5. The summed E-state index contributed by atoms with van der Waals surface area (Å²) in [4.78, 5) is 34.4. The summed E-state index contributed by atoms with van der Waals surface area (Å²) in [6.07, 6.45) is 4.92. The summed E-state index contributed by atoms with van der Waals surface area (Å²) in [6, 6.07) is -0.397. The summed E-state index contributed by atoms with van der Waals surface area (Å²) < 4.78 is 13.6. The molecule has 1 aromatic rings. The lowest BCUT2D eigenvalue weighted by atomic mass is 10.2. The van der Waals surface area contributed by atoms with E-state index in [1.807, 2.05) is 26.8 Å². The highest BCUT2D eigenvalue weighted by atomic mass is 28.4. The van der Waals surface area contributed by atoms with Crippen molar-refractivity contribution >= 4 is 26.1 Å². The van der Waals surface area contributed by atoms with Crippen LogP contribution in [0.1, 0.15) is 47.2 Å². The highest BCUT2D eigenvalue weighted by Gasteiger charge is 2.41. The average molecular weight is 535 g/mol. The van der Waals surface area contributed by atoms with Crippen molar-refractivity contribution in [2.75, 3.05) is 32.8 Å². The fraction of sp³-hybridized carbons (Fsp3) is 0.680. The quantitative estimate of drug-likeness (QED) is 0.329. The van der Waals surface area contributed by atoms with Crippen molar-refractivity contribution in [1.82, 2.24) is 29.9 Å². The lowest BCUT2D eigenvalue weighted by Gasteiger charge is -2.37. The summed E-state index contributed by atoms with van der Waals surface area (Å²) in [5, 5.41) is 10.0. The number of aromatic nitrogens is 3. The van der Waals surface area contributed by atoms with E-state index in [0.717, 1.165) is 5.70 Å². The van der Waals surface area contributed by atoms with E-state index in [-0.39, 0.29) is 30.3 Å². The predicted molar refractivity (Wildman–Crippen MR) is 143 cm³/mol. The molecule has 0 N–H and O–H groups in total. The number of fused-ring (bicyclic) bond motifs is 2. The summed E-state index contributed by atoms with van der Waals surface area (Å²) in [5.74, 6) is 0. The molecule has 0 aliphatic carbocycles. The molecular formula is C25H42N6O5Si. The van der Waals surface area contributed by atoms with E-state index in [4.69, 9.17) is 14.0 Å². The van der Waals surface area contributed by atoms with Gasteiger partial charge >= 0.3 is 12.1 Å². The first kappa shape index (κ1) is 28.9. The number of carbonyl (C=O) groups excluding carboxylic acids is 2. The van der Waals surface area contributed by atoms with Gasteiger partial charge in [-0.05, 0) is 45.0 Å². The van der Waals surface area contributed by atoms with Gasteiger partial charge in [-0.25, -0.2) is 14.3 Å². The van der Waals surface area contributed by atoms with Gasteiger partial charge in [0.2, 0.25) is 0 Å². The lowest BCUT2D eigenvalue weighted by Crippen LogP contribution is -2.44. The van der Waals surface area contributed by atoms with E-state index in [1.165, 1.54) is 5.06 Å². The van der Waals surface area contributed by atoms with Crippen molar-refractivity contribution in [2.45, 2.75) is 77.9 Å². The summed E-state index contributed by atoms with van der Waals surface area (Å²) in [7, 11) is -1.96. The van der Waals surface area contributed by atoms with Crippen LogP contribution in [0.4, 0.5) is 9.59 Å². The van der Waals surface area contributed by atoms with Crippen LogP contribution in [0.25, 0.3) is 5.70 Å². The van der Waals surface area contributed by atoms with Crippen LogP contribution in [0.2, 0.25) is 18.1 Å². The fourth-order valence-electron chi connectivity index (χ4n) is 3.71. The van der Waals surface area contributed by atoms with Crippen LogP contribution in [0.15, 0.2) is 24.9 Å². The van der Waals surface area contributed by atoms with Crippen LogP contribution in [0, 0.1) is 0 Å². The number of amides is 3. The van der Waals surface area contributed by atoms with Crippen molar-refractivity contribution in [3.63, 3.8) is 0 Å². The van der Waals surface area contributed by atoms with E-state index in [9.17, 15) is 9.59 Å². The molecule has 1 saturated heterocycles. The zero-order chi connectivity index (χ0) is 27.6. The monoisotopic (exact) mass is 534 g/mol. The first-order valence-corrected chi connectivity index (χ1v) is 15.6. The van der Waals surface area contributed by atoms with E-state index < -0.39 is 20.0 Å². The van der Waals surface area contributed by atoms with Crippen LogP contribution in [-0.4, -0.2) is 94.8 Å². The molecule has 2 aliphatic heterocycles. The number of ether oxygens (including phenoxy) is 1. The second kappa shape index (κ2) is 11.0. The van der Waals surface area contributed by atoms with Crippen molar-refractivity contribution in [3.05, 3.63) is 30.6 Å². The molecule has 11 nitrogen and oxygen atoms in total. The first-order chi connectivity index (χ1) is 17.1. The number of hydrogen-bond acceptors (Lipinski definition) is 7. The normalized spacial score (nSPS) is 18.2. The molecule has 1 unspecified atom stereocenters. The van der Waals surface area contributed by atoms with Gasteiger partial charge in [0.25, 0.3) is 0 Å². The van der Waals surface area contributed by atoms with E-state index in [0.29, 0.717) is 31.9 Å². The molecular weight excluding hydrogens is 492 g/mol. The van der Waals surface area contributed by atoms with Gasteiger partial charge in [-0.1, -0.05) is 32.1 Å². The highest BCUT2D eigenvalue weighted by Crippen LogP contribution is 2.36. The third-order valence-corrected chi connectivity index (χ3v) is 11.2. The summed E-state index contributed by atoms with van der Waals surface area (Å²) >= 11 is 0. The maximum atomic E-state index is 13.0. The number of hydroxylamine groups is 2. The number of carbonyl (C=O) groups is 2. The van der Waals surface area contributed by atoms with Crippen molar-refractivity contribution in [2.24, 2.45) is 0 Å². The third-order valence-electron chi connectivity index (χ3n) is 6.71. The fourth-order valence-corrected chi connectivity index (χ4v) is 4.75. The van der Waals surface area contributed by atoms with E-state index >= 15 is 0 Å². The van der Waals surface area contributed by atoms with Crippen molar-refractivity contribution < 1.29 is 23.6 Å². The van der Waals surface area contributed by atoms with Gasteiger partial charge < -0.3 is 14.1 Å². The van der Waals surface area contributed by atoms with Crippen molar-refractivity contribution in [1.29, 1.82) is 0 Å². The Bertz CT molecular complexity index is 1030. The standard InChI is InChI=1S/C25H42N6O5Si/c1-10-12-34-31-21-14-20(17-29(18-21)22(31)32)30-16-19(26-27-30)15-28(23(33)36-24(2,3)4)11-13-35-37(8,9)25(5,6)7/h10,14,16,21H,1,11-13,15,17-18H2,2-9H3. The van der Waals surface area contributed by atoms with Gasteiger partial charge in [0, 0.05) is 13.1 Å². The minimum atomic E-state index is -1.96. The molecule has 206 valence electrons. The Balaban J connectivity index is 1.71. The molecule has 37 heavy (non-hydrogen) atoms. The number of hydrogen-bond donors (Lipinski definition) is 0. The Morgan fingerprint density at radius 3 is 2.59 bits per heavy atom. The molecule has 0 aromatic carbocycles. The van der Waals surface area contributed by atoms with Crippen LogP contribution in [-0.2, 0) is 20.5 Å². The smallest absolute Gasteiger partial charge is 0.410 e. The molecule has 0 saturated carbocycles. The van der Waals surface area contributed by atoms with E-state index in [1.54, 1.807) is 26.8 Å². The number of nitrogens with zero attached hydrogens (tertiary/aromatic N) is 6. The average Bonchev–Trinajstić information content (AvgIpc) is 3.32. The van der Waals surface area contributed by atoms with E-state index in [2.05, 4.69) is 50.8 Å². The molecule has 0 spiro atoms. The van der Waals surface area contributed by atoms with Gasteiger partial charge in [0.05, 0.1) is 44.2 Å². The molecule has 1 aromatic heterocycles. The maximum absolute atomic E-state index is 13.0.